The van der Waals surface area contributed by atoms with E-state index in [2.05, 4.69) is 9.97 Å². The van der Waals surface area contributed by atoms with E-state index in [1.165, 1.54) is 0 Å². The lowest BCUT2D eigenvalue weighted by Gasteiger charge is -2.14. The number of hydrogen-bond acceptors (Lipinski definition) is 2. The molecule has 3 aromatic rings. The minimum Gasteiger partial charge on any atom is -0.348 e. The third-order valence-corrected chi connectivity index (χ3v) is 4.29. The van der Waals surface area contributed by atoms with Crippen LogP contribution in [0.2, 0.25) is 5.02 Å². The molecule has 1 N–H and O–H groups in total. The van der Waals surface area contributed by atoms with Gasteiger partial charge in [0.2, 0.25) is 0 Å². The zero-order valence-electron chi connectivity index (χ0n) is 11.4. The first-order valence-corrected chi connectivity index (χ1v) is 7.10. The molecule has 21 heavy (non-hydrogen) atoms. The van der Waals surface area contributed by atoms with E-state index < -0.39 is 0 Å². The first kappa shape index (κ1) is 12.5. The number of aromatic amines is 1. The predicted octanol–water partition coefficient (Wildman–Crippen LogP) is 3.31. The summed E-state index contributed by atoms with van der Waals surface area (Å²) >= 11 is 6.19. The van der Waals surface area contributed by atoms with Crippen LogP contribution in [-0.2, 0) is 13.1 Å². The molecule has 3 heterocycles. The number of halogens is 1. The Kier molecular flexibility index (Phi) is 2.59. The number of imidazole rings is 1. The number of carbonyl (C=O) groups is 1. The number of aromatic nitrogens is 3. The fraction of sp³-hybridized carbons (Fsp3) is 0.200. The zero-order chi connectivity index (χ0) is 14.6. The topological polar surface area (TPSA) is 53.9 Å². The number of rotatable bonds is 2. The van der Waals surface area contributed by atoms with E-state index in [0.717, 1.165) is 28.0 Å². The molecule has 0 saturated heterocycles. The van der Waals surface area contributed by atoms with Crippen LogP contribution in [0.3, 0.4) is 0 Å². The summed E-state index contributed by atoms with van der Waals surface area (Å²) in [5.41, 5.74) is 3.73. The summed E-state index contributed by atoms with van der Waals surface area (Å²) < 4.78 is 1.74. The van der Waals surface area contributed by atoms with Crippen molar-refractivity contribution < 1.29 is 4.79 Å². The number of fused-ring (bicyclic) bond motifs is 3. The number of carbonyl (C=O) groups excluding carboxylic acids is 1. The van der Waals surface area contributed by atoms with Gasteiger partial charge in [-0.05, 0) is 25.1 Å². The Labute approximate surface area is 126 Å². The largest absolute Gasteiger partial charge is 0.348 e. The van der Waals surface area contributed by atoms with Crippen molar-refractivity contribution >= 4 is 28.5 Å². The van der Waals surface area contributed by atoms with Gasteiger partial charge < -0.3 is 9.88 Å². The van der Waals surface area contributed by atoms with E-state index in [0.29, 0.717) is 18.1 Å². The van der Waals surface area contributed by atoms with Gasteiger partial charge in [0.05, 0.1) is 30.6 Å². The van der Waals surface area contributed by atoms with E-state index in [-0.39, 0.29) is 6.03 Å². The zero-order valence-corrected chi connectivity index (χ0v) is 12.2. The van der Waals surface area contributed by atoms with E-state index >= 15 is 0 Å². The number of H-pyrrole nitrogens is 1. The average molecular weight is 301 g/mol. The van der Waals surface area contributed by atoms with E-state index in [1.807, 2.05) is 31.2 Å². The highest BCUT2D eigenvalue weighted by Crippen LogP contribution is 2.31. The molecule has 1 amide bonds. The second-order valence-corrected chi connectivity index (χ2v) is 5.66. The monoisotopic (exact) mass is 300 g/mol. The number of benzene rings is 1. The molecule has 5 nitrogen and oxygen atoms in total. The van der Waals surface area contributed by atoms with Crippen LogP contribution in [0.4, 0.5) is 4.79 Å². The summed E-state index contributed by atoms with van der Waals surface area (Å²) in [6.07, 6.45) is 1.65. The molecule has 0 radical (unpaired) electrons. The molecule has 0 unspecified atom stereocenters. The minimum atomic E-state index is -0.0235. The number of aryl methyl sites for hydroxylation is 1. The molecule has 106 valence electrons. The van der Waals surface area contributed by atoms with Crippen molar-refractivity contribution in [2.24, 2.45) is 0 Å². The molecular weight excluding hydrogens is 288 g/mol. The van der Waals surface area contributed by atoms with Crippen molar-refractivity contribution in [3.05, 3.63) is 52.7 Å². The number of amides is 1. The molecule has 0 aliphatic carbocycles. The molecule has 0 saturated carbocycles. The van der Waals surface area contributed by atoms with Gasteiger partial charge in [0.1, 0.15) is 0 Å². The maximum atomic E-state index is 12.6. The van der Waals surface area contributed by atoms with Gasteiger partial charge in [-0.2, -0.15) is 0 Å². The van der Waals surface area contributed by atoms with Gasteiger partial charge in [0.25, 0.3) is 0 Å². The van der Waals surface area contributed by atoms with Crippen LogP contribution in [0.15, 0.2) is 30.6 Å². The molecule has 1 aliphatic heterocycles. The van der Waals surface area contributed by atoms with Crippen molar-refractivity contribution in [1.29, 1.82) is 0 Å². The number of hydrogen-bond donors (Lipinski definition) is 1. The van der Waals surface area contributed by atoms with Crippen LogP contribution in [0.25, 0.3) is 10.9 Å². The van der Waals surface area contributed by atoms with Crippen molar-refractivity contribution in [3.8, 4) is 0 Å². The highest BCUT2D eigenvalue weighted by molar-refractivity contribution is 6.35. The molecule has 2 aromatic heterocycles. The van der Waals surface area contributed by atoms with Crippen LogP contribution >= 0.6 is 11.6 Å². The molecular formula is C15H13ClN4O. The SMILES string of the molecule is Cc1[nH]cnc1CN1Cc2cc3c(Cl)cccc3n2C1=O. The minimum absolute atomic E-state index is 0.0235. The molecule has 4 rings (SSSR count). The molecule has 1 aliphatic rings. The lowest BCUT2D eigenvalue weighted by Crippen LogP contribution is -2.26. The average Bonchev–Trinajstić information content (AvgIpc) is 3.10. The van der Waals surface area contributed by atoms with Crippen LogP contribution in [0, 0.1) is 6.92 Å². The van der Waals surface area contributed by atoms with Gasteiger partial charge in [0, 0.05) is 21.8 Å². The molecule has 0 fully saturated rings. The Morgan fingerprint density at radius 3 is 3.05 bits per heavy atom. The molecule has 0 atom stereocenters. The Balaban J connectivity index is 1.73. The van der Waals surface area contributed by atoms with Crippen LogP contribution in [0.1, 0.15) is 17.1 Å². The highest BCUT2D eigenvalue weighted by Gasteiger charge is 2.30. The summed E-state index contributed by atoms with van der Waals surface area (Å²) in [5, 5.41) is 1.61. The summed E-state index contributed by atoms with van der Waals surface area (Å²) in [6, 6.07) is 7.60. The van der Waals surface area contributed by atoms with Gasteiger partial charge in [-0.3, -0.25) is 4.57 Å². The smallest absolute Gasteiger partial charge is 0.329 e. The quantitative estimate of drug-likeness (QED) is 0.789. The predicted molar refractivity (Wildman–Crippen MR) is 80.3 cm³/mol. The first-order chi connectivity index (χ1) is 10.1. The third kappa shape index (κ3) is 1.77. The maximum Gasteiger partial charge on any atom is 0.329 e. The third-order valence-electron chi connectivity index (χ3n) is 3.96. The van der Waals surface area contributed by atoms with Crippen molar-refractivity contribution in [2.45, 2.75) is 20.0 Å². The normalized spacial score (nSPS) is 14.2. The maximum absolute atomic E-state index is 12.6. The lowest BCUT2D eigenvalue weighted by molar-refractivity contribution is 0.207. The fourth-order valence-corrected chi connectivity index (χ4v) is 3.07. The Morgan fingerprint density at radius 1 is 1.43 bits per heavy atom. The lowest BCUT2D eigenvalue weighted by atomic mass is 10.2. The molecule has 0 spiro atoms. The second-order valence-electron chi connectivity index (χ2n) is 5.26. The second kappa shape index (κ2) is 4.36. The van der Waals surface area contributed by atoms with E-state index in [4.69, 9.17) is 11.6 Å². The van der Waals surface area contributed by atoms with Crippen molar-refractivity contribution in [1.82, 2.24) is 19.4 Å². The Bertz CT molecular complexity index is 864. The summed E-state index contributed by atoms with van der Waals surface area (Å²) in [7, 11) is 0. The Morgan fingerprint density at radius 2 is 2.29 bits per heavy atom. The van der Waals surface area contributed by atoms with Crippen LogP contribution in [0.5, 0.6) is 0 Å². The summed E-state index contributed by atoms with van der Waals surface area (Å²) in [6.45, 7) is 3.05. The van der Waals surface area contributed by atoms with Gasteiger partial charge in [0.15, 0.2) is 0 Å². The van der Waals surface area contributed by atoms with Gasteiger partial charge in [-0.15, -0.1) is 0 Å². The molecule has 1 aromatic carbocycles. The highest BCUT2D eigenvalue weighted by atomic mass is 35.5. The van der Waals surface area contributed by atoms with Gasteiger partial charge in [-0.25, -0.2) is 9.78 Å². The standard InChI is InChI=1S/C15H13ClN4O/c1-9-13(18-8-17-9)7-19-6-10-5-11-12(16)3-2-4-14(11)20(10)15(19)21/h2-5,8H,6-7H2,1H3,(H,17,18). The number of nitrogens with zero attached hydrogens (tertiary/aromatic N) is 3. The molecule has 0 bridgehead atoms. The van der Waals surface area contributed by atoms with Crippen molar-refractivity contribution in [2.75, 3.05) is 0 Å². The van der Waals surface area contributed by atoms with E-state index in [9.17, 15) is 4.79 Å². The van der Waals surface area contributed by atoms with Crippen LogP contribution < -0.4 is 0 Å². The summed E-state index contributed by atoms with van der Waals surface area (Å²) in [5.74, 6) is 0. The first-order valence-electron chi connectivity index (χ1n) is 6.72. The van der Waals surface area contributed by atoms with E-state index in [1.54, 1.807) is 15.8 Å². The van der Waals surface area contributed by atoms with Gasteiger partial charge in [-0.1, -0.05) is 17.7 Å². The number of nitrogens with one attached hydrogen (secondary N) is 1. The van der Waals surface area contributed by atoms with Crippen LogP contribution in [-0.4, -0.2) is 25.5 Å². The van der Waals surface area contributed by atoms with Gasteiger partial charge >= 0.3 is 6.03 Å². The Hall–Kier alpha value is -2.27. The summed E-state index contributed by atoms with van der Waals surface area (Å²) in [4.78, 5) is 21.7. The van der Waals surface area contributed by atoms with Crippen molar-refractivity contribution in [3.63, 3.8) is 0 Å². The fourth-order valence-electron chi connectivity index (χ4n) is 2.85. The molecule has 6 heteroatoms.